The van der Waals surface area contributed by atoms with Crippen molar-refractivity contribution in [3.05, 3.63) is 22.7 Å². The normalized spacial score (nSPS) is 20.9. The number of imidazole rings is 1. The third kappa shape index (κ3) is 1.72. The highest BCUT2D eigenvalue weighted by Crippen LogP contribution is 2.69. The lowest BCUT2D eigenvalue weighted by Crippen LogP contribution is -2.08. The highest BCUT2D eigenvalue weighted by atomic mass is 79.9. The molecule has 2 N–H and O–H groups in total. The zero-order valence-corrected chi connectivity index (χ0v) is 13.5. The van der Waals surface area contributed by atoms with Crippen LogP contribution in [0.15, 0.2) is 22.7 Å². The summed E-state index contributed by atoms with van der Waals surface area (Å²) in [6.45, 7) is 10.3. The molecule has 0 unspecified atom stereocenters. The van der Waals surface area contributed by atoms with Crippen LogP contribution in [0.1, 0.15) is 27.7 Å². The van der Waals surface area contributed by atoms with Gasteiger partial charge in [0, 0.05) is 11.0 Å². The summed E-state index contributed by atoms with van der Waals surface area (Å²) in [5.74, 6) is 1.26. The fraction of sp³-hybridized carbons (Fsp3) is 0.533. The van der Waals surface area contributed by atoms with Gasteiger partial charge in [-0.25, -0.2) is 4.98 Å². The number of benzene rings is 1. The van der Waals surface area contributed by atoms with Crippen molar-refractivity contribution in [2.75, 3.05) is 5.73 Å². The number of rotatable bonds is 2. The minimum Gasteiger partial charge on any atom is -0.369 e. The van der Waals surface area contributed by atoms with Crippen molar-refractivity contribution >= 4 is 32.9 Å². The summed E-state index contributed by atoms with van der Waals surface area (Å²) < 4.78 is 3.19. The molecule has 0 bridgehead atoms. The molecule has 0 amide bonds. The van der Waals surface area contributed by atoms with E-state index >= 15 is 0 Å². The van der Waals surface area contributed by atoms with Crippen molar-refractivity contribution < 1.29 is 0 Å². The smallest absolute Gasteiger partial charge is 0.201 e. The van der Waals surface area contributed by atoms with Gasteiger partial charge in [-0.1, -0.05) is 43.6 Å². The lowest BCUT2D eigenvalue weighted by Gasteiger charge is -2.08. The number of nitrogens with two attached hydrogens (primary N) is 1. The number of anilines is 1. The van der Waals surface area contributed by atoms with Gasteiger partial charge in [-0.3, -0.25) is 0 Å². The second-order valence-electron chi connectivity index (χ2n) is 6.71. The number of hydrogen-bond donors (Lipinski definition) is 1. The fourth-order valence-corrected chi connectivity index (χ4v) is 3.63. The fourth-order valence-electron chi connectivity index (χ4n) is 3.29. The number of halogens is 1. The summed E-state index contributed by atoms with van der Waals surface area (Å²) in [5, 5.41) is 0. The second kappa shape index (κ2) is 3.75. The Labute approximate surface area is 122 Å². The third-order valence-corrected chi connectivity index (χ3v) is 5.92. The summed E-state index contributed by atoms with van der Waals surface area (Å²) in [7, 11) is 0. The molecule has 4 heteroatoms. The predicted octanol–water partition coefficient (Wildman–Crippen LogP) is 4.06. The zero-order valence-electron chi connectivity index (χ0n) is 11.9. The Morgan fingerprint density at radius 1 is 1.26 bits per heavy atom. The molecule has 0 atom stereocenters. The van der Waals surface area contributed by atoms with E-state index in [0.717, 1.165) is 22.1 Å². The van der Waals surface area contributed by atoms with Crippen molar-refractivity contribution in [1.29, 1.82) is 0 Å². The van der Waals surface area contributed by atoms with Gasteiger partial charge in [-0.15, -0.1) is 0 Å². The Morgan fingerprint density at radius 2 is 1.89 bits per heavy atom. The van der Waals surface area contributed by atoms with Crippen molar-refractivity contribution in [3.8, 4) is 0 Å². The monoisotopic (exact) mass is 321 g/mol. The zero-order chi connectivity index (χ0) is 14.0. The van der Waals surface area contributed by atoms with Crippen LogP contribution in [-0.2, 0) is 6.54 Å². The molecule has 3 rings (SSSR count). The minimum atomic E-state index is 0.366. The van der Waals surface area contributed by atoms with E-state index in [1.807, 2.05) is 12.1 Å². The van der Waals surface area contributed by atoms with Crippen LogP contribution in [0.4, 0.5) is 5.95 Å². The molecule has 102 valence electrons. The van der Waals surface area contributed by atoms with Gasteiger partial charge < -0.3 is 10.3 Å². The van der Waals surface area contributed by atoms with Gasteiger partial charge in [-0.2, -0.15) is 0 Å². The number of nitrogen functional groups attached to an aromatic ring is 1. The molecule has 3 nitrogen and oxygen atoms in total. The first-order valence-electron chi connectivity index (χ1n) is 6.66. The number of fused-ring (bicyclic) bond motifs is 1. The molecule has 2 aromatic rings. The van der Waals surface area contributed by atoms with Gasteiger partial charge in [0.1, 0.15) is 0 Å². The predicted molar refractivity (Wildman–Crippen MR) is 82.9 cm³/mol. The first kappa shape index (κ1) is 13.0. The van der Waals surface area contributed by atoms with Gasteiger partial charge in [0.2, 0.25) is 5.95 Å². The molecular formula is C15H20BrN3. The average Bonchev–Trinajstić information content (AvgIpc) is 2.57. The van der Waals surface area contributed by atoms with Crippen LogP contribution in [0.3, 0.4) is 0 Å². The van der Waals surface area contributed by atoms with Gasteiger partial charge >= 0.3 is 0 Å². The molecule has 1 aromatic carbocycles. The van der Waals surface area contributed by atoms with Crippen molar-refractivity contribution in [2.24, 2.45) is 16.7 Å². The molecule has 0 spiro atoms. The van der Waals surface area contributed by atoms with E-state index in [-0.39, 0.29) is 0 Å². The molecule has 1 aliphatic rings. The van der Waals surface area contributed by atoms with E-state index in [9.17, 15) is 0 Å². The average molecular weight is 322 g/mol. The lowest BCUT2D eigenvalue weighted by molar-refractivity contribution is 0.457. The Balaban J connectivity index is 2.01. The van der Waals surface area contributed by atoms with E-state index in [1.165, 1.54) is 0 Å². The molecule has 0 saturated heterocycles. The van der Waals surface area contributed by atoms with Crippen molar-refractivity contribution in [1.82, 2.24) is 9.55 Å². The largest absolute Gasteiger partial charge is 0.369 e. The first-order chi connectivity index (χ1) is 8.75. The quantitative estimate of drug-likeness (QED) is 0.906. The number of hydrogen-bond acceptors (Lipinski definition) is 2. The topological polar surface area (TPSA) is 43.8 Å². The molecule has 1 heterocycles. The van der Waals surface area contributed by atoms with E-state index in [4.69, 9.17) is 5.73 Å². The maximum absolute atomic E-state index is 6.09. The molecular weight excluding hydrogens is 302 g/mol. The van der Waals surface area contributed by atoms with Gasteiger partial charge in [0.15, 0.2) is 0 Å². The molecule has 1 aliphatic carbocycles. The number of nitrogens with zero attached hydrogens (tertiary/aromatic N) is 2. The lowest BCUT2D eigenvalue weighted by atomic mass is 10.0. The summed E-state index contributed by atoms with van der Waals surface area (Å²) in [6.07, 6.45) is 0. The van der Waals surface area contributed by atoms with Crippen LogP contribution in [0.2, 0.25) is 0 Å². The van der Waals surface area contributed by atoms with Crippen LogP contribution in [0.5, 0.6) is 0 Å². The Morgan fingerprint density at radius 3 is 2.47 bits per heavy atom. The van der Waals surface area contributed by atoms with E-state index in [2.05, 4.69) is 59.2 Å². The van der Waals surface area contributed by atoms with Crippen LogP contribution in [0, 0.1) is 16.7 Å². The van der Waals surface area contributed by atoms with Crippen LogP contribution in [0.25, 0.3) is 11.0 Å². The Bertz CT molecular complexity index is 641. The van der Waals surface area contributed by atoms with Crippen LogP contribution >= 0.6 is 15.9 Å². The molecule has 0 aliphatic heterocycles. The Hall–Kier alpha value is -1.03. The molecule has 1 fully saturated rings. The van der Waals surface area contributed by atoms with E-state index in [1.54, 1.807) is 0 Å². The van der Waals surface area contributed by atoms with Crippen LogP contribution < -0.4 is 5.73 Å². The first-order valence-corrected chi connectivity index (χ1v) is 7.45. The molecule has 0 radical (unpaired) electrons. The summed E-state index contributed by atoms with van der Waals surface area (Å²) in [4.78, 5) is 4.46. The highest BCUT2D eigenvalue weighted by Gasteiger charge is 2.64. The minimum absolute atomic E-state index is 0.366. The van der Waals surface area contributed by atoms with Crippen molar-refractivity contribution in [2.45, 2.75) is 34.2 Å². The van der Waals surface area contributed by atoms with Crippen molar-refractivity contribution in [3.63, 3.8) is 0 Å². The third-order valence-electron chi connectivity index (χ3n) is 5.42. The standard InChI is InChI=1S/C15H20BrN3/c1-14(2)12(15(14,3)4)8-19-11-6-5-9(16)7-10(11)18-13(19)17/h5-7,12H,8H2,1-4H3,(H2,17,18). The molecule has 1 aromatic heterocycles. The summed E-state index contributed by atoms with van der Waals surface area (Å²) in [5.41, 5.74) is 8.91. The van der Waals surface area contributed by atoms with E-state index in [0.29, 0.717) is 22.7 Å². The summed E-state index contributed by atoms with van der Waals surface area (Å²) >= 11 is 3.48. The maximum Gasteiger partial charge on any atom is 0.201 e. The maximum atomic E-state index is 6.09. The Kier molecular flexibility index (Phi) is 2.56. The summed E-state index contributed by atoms with van der Waals surface area (Å²) in [6, 6.07) is 6.15. The molecule has 1 saturated carbocycles. The highest BCUT2D eigenvalue weighted by molar-refractivity contribution is 9.10. The number of aromatic nitrogens is 2. The van der Waals surface area contributed by atoms with Gasteiger partial charge in [0.05, 0.1) is 11.0 Å². The van der Waals surface area contributed by atoms with Crippen LogP contribution in [-0.4, -0.2) is 9.55 Å². The van der Waals surface area contributed by atoms with Gasteiger partial charge in [0.25, 0.3) is 0 Å². The SMILES string of the molecule is CC1(C)C(Cn2c(N)nc3cc(Br)ccc32)C1(C)C. The second-order valence-corrected chi connectivity index (χ2v) is 7.63. The molecule has 19 heavy (non-hydrogen) atoms. The van der Waals surface area contributed by atoms with Gasteiger partial charge in [-0.05, 0) is 34.9 Å². The van der Waals surface area contributed by atoms with E-state index < -0.39 is 0 Å².